The minimum absolute atomic E-state index is 0. The molecule has 2 saturated heterocycles. The summed E-state index contributed by atoms with van der Waals surface area (Å²) < 4.78 is 5.96. The summed E-state index contributed by atoms with van der Waals surface area (Å²) in [5.41, 5.74) is 2.68. The van der Waals surface area contributed by atoms with Crippen LogP contribution in [0.4, 0.5) is 0 Å². The van der Waals surface area contributed by atoms with E-state index in [0.717, 1.165) is 38.6 Å². The van der Waals surface area contributed by atoms with E-state index < -0.39 is 0 Å². The molecule has 2 aliphatic heterocycles. The number of hydrogen-bond acceptors (Lipinski definition) is 3. The van der Waals surface area contributed by atoms with Crippen LogP contribution in [0.5, 0.6) is 0 Å². The molecule has 152 valence electrons. The molecule has 6 heteroatoms. The van der Waals surface area contributed by atoms with Crippen molar-refractivity contribution in [1.82, 2.24) is 15.5 Å². The molecule has 27 heavy (non-hydrogen) atoms. The first-order chi connectivity index (χ1) is 12.7. The lowest BCUT2D eigenvalue weighted by Crippen LogP contribution is -2.47. The molecule has 2 heterocycles. The van der Waals surface area contributed by atoms with Crippen molar-refractivity contribution >= 4 is 29.9 Å². The van der Waals surface area contributed by atoms with E-state index in [2.05, 4.69) is 60.6 Å². The molecule has 0 aliphatic carbocycles. The first-order valence-corrected chi connectivity index (χ1v) is 10.2. The van der Waals surface area contributed by atoms with Crippen LogP contribution in [-0.4, -0.2) is 48.7 Å². The minimum Gasteiger partial charge on any atom is -0.373 e. The van der Waals surface area contributed by atoms with E-state index in [1.54, 1.807) is 0 Å². The number of nitrogens with one attached hydrogen (secondary N) is 2. The van der Waals surface area contributed by atoms with E-state index in [1.165, 1.54) is 24.0 Å². The van der Waals surface area contributed by atoms with Crippen molar-refractivity contribution in [3.63, 3.8) is 0 Å². The number of halogens is 1. The van der Waals surface area contributed by atoms with Crippen LogP contribution in [0.3, 0.4) is 0 Å². The molecule has 2 fully saturated rings. The van der Waals surface area contributed by atoms with Crippen LogP contribution in [0.1, 0.15) is 51.2 Å². The van der Waals surface area contributed by atoms with Gasteiger partial charge in [0.05, 0.1) is 24.8 Å². The molecule has 1 aromatic rings. The summed E-state index contributed by atoms with van der Waals surface area (Å²) >= 11 is 0. The number of nitrogens with zero attached hydrogens (tertiary/aromatic N) is 2. The van der Waals surface area contributed by atoms with Gasteiger partial charge in [-0.3, -0.25) is 4.90 Å². The Labute approximate surface area is 181 Å². The Morgan fingerprint density at radius 2 is 1.89 bits per heavy atom. The molecule has 0 spiro atoms. The van der Waals surface area contributed by atoms with Gasteiger partial charge in [-0.2, -0.15) is 0 Å². The third-order valence-electron chi connectivity index (χ3n) is 5.59. The number of rotatable bonds is 8. The van der Waals surface area contributed by atoms with Crippen LogP contribution >= 0.6 is 24.0 Å². The Bertz CT molecular complexity index is 606. The summed E-state index contributed by atoms with van der Waals surface area (Å²) in [6.07, 6.45) is 4.31. The smallest absolute Gasteiger partial charge is 0.191 e. The van der Waals surface area contributed by atoms with Crippen molar-refractivity contribution in [2.75, 3.05) is 19.6 Å². The summed E-state index contributed by atoms with van der Waals surface area (Å²) in [5, 5.41) is 7.00. The van der Waals surface area contributed by atoms with Crippen LogP contribution in [0.2, 0.25) is 0 Å². The first kappa shape index (κ1) is 22.4. The predicted octanol–water partition coefficient (Wildman–Crippen LogP) is 3.52. The van der Waals surface area contributed by atoms with Gasteiger partial charge in [-0.25, -0.2) is 4.99 Å². The van der Waals surface area contributed by atoms with E-state index >= 15 is 0 Å². The molecule has 2 N–H and O–H groups in total. The highest BCUT2D eigenvalue weighted by Gasteiger charge is 2.41. The molecule has 1 aromatic carbocycles. The average Bonchev–Trinajstić information content (AvgIpc) is 3.28. The maximum atomic E-state index is 5.96. The Balaban J connectivity index is 0.00000261. The van der Waals surface area contributed by atoms with E-state index in [9.17, 15) is 0 Å². The Morgan fingerprint density at radius 1 is 1.15 bits per heavy atom. The maximum absolute atomic E-state index is 5.96. The Morgan fingerprint density at radius 3 is 2.48 bits per heavy atom. The summed E-state index contributed by atoms with van der Waals surface area (Å²) in [7, 11) is 0. The topological polar surface area (TPSA) is 48.9 Å². The van der Waals surface area contributed by atoms with Crippen LogP contribution in [0, 0.1) is 0 Å². The molecule has 3 rings (SSSR count). The van der Waals surface area contributed by atoms with Crippen LogP contribution in [-0.2, 0) is 17.8 Å². The number of aliphatic imine (C=N–C) groups is 1. The fourth-order valence-electron chi connectivity index (χ4n) is 4.00. The standard InChI is InChI=1S/C21H34N4O.HI/c1-4-22-21(24-19-13-18-11-12-20(19)26-18)23-14-16-9-7-8-10-17(16)15-25(5-2)6-3;/h7-10,18-20H,4-6,11-15H2,1-3H3,(H2,22,23,24);1H. The van der Waals surface area contributed by atoms with Crippen molar-refractivity contribution in [3.05, 3.63) is 35.4 Å². The molecule has 3 unspecified atom stereocenters. The summed E-state index contributed by atoms with van der Waals surface area (Å²) in [4.78, 5) is 7.31. The van der Waals surface area contributed by atoms with Gasteiger partial charge in [0.25, 0.3) is 0 Å². The molecule has 0 saturated carbocycles. The predicted molar refractivity (Wildman–Crippen MR) is 123 cm³/mol. The lowest BCUT2D eigenvalue weighted by molar-refractivity contribution is 0.0992. The molecule has 5 nitrogen and oxygen atoms in total. The zero-order chi connectivity index (χ0) is 18.4. The Kier molecular flexibility index (Phi) is 9.32. The third kappa shape index (κ3) is 6.06. The maximum Gasteiger partial charge on any atom is 0.191 e. The number of fused-ring (bicyclic) bond motifs is 2. The zero-order valence-electron chi connectivity index (χ0n) is 16.9. The summed E-state index contributed by atoms with van der Waals surface area (Å²) in [6, 6.07) is 9.07. The van der Waals surface area contributed by atoms with Gasteiger partial charge in [-0.05, 0) is 50.4 Å². The van der Waals surface area contributed by atoms with Gasteiger partial charge >= 0.3 is 0 Å². The number of benzene rings is 1. The normalized spacial score (nSPS) is 24.1. The van der Waals surface area contributed by atoms with Gasteiger partial charge in [0.15, 0.2) is 5.96 Å². The molecule has 0 aromatic heterocycles. The highest BCUT2D eigenvalue weighted by Crippen LogP contribution is 2.34. The SMILES string of the molecule is CCNC(=NCc1ccccc1CN(CC)CC)NC1CC2CCC1O2.I. The van der Waals surface area contributed by atoms with Gasteiger partial charge in [0, 0.05) is 13.1 Å². The van der Waals surface area contributed by atoms with Crippen LogP contribution in [0.25, 0.3) is 0 Å². The molecule has 0 amide bonds. The first-order valence-electron chi connectivity index (χ1n) is 10.2. The van der Waals surface area contributed by atoms with E-state index in [1.807, 2.05) is 0 Å². The second-order valence-electron chi connectivity index (χ2n) is 7.29. The molecular formula is C21H35IN4O. The number of hydrogen-bond donors (Lipinski definition) is 2. The van der Waals surface area contributed by atoms with Crippen LogP contribution < -0.4 is 10.6 Å². The summed E-state index contributed by atoms with van der Waals surface area (Å²) in [6.45, 7) is 11.3. The second kappa shape index (κ2) is 11.2. The van der Waals surface area contributed by atoms with Crippen molar-refractivity contribution in [2.24, 2.45) is 4.99 Å². The second-order valence-corrected chi connectivity index (χ2v) is 7.29. The van der Waals surface area contributed by atoms with Crippen molar-refractivity contribution in [3.8, 4) is 0 Å². The molecule has 0 radical (unpaired) electrons. The van der Waals surface area contributed by atoms with Gasteiger partial charge in [-0.15, -0.1) is 24.0 Å². The van der Waals surface area contributed by atoms with Crippen molar-refractivity contribution in [2.45, 2.75) is 71.4 Å². The molecule has 2 aliphatic rings. The van der Waals surface area contributed by atoms with Gasteiger partial charge in [0.2, 0.25) is 0 Å². The highest BCUT2D eigenvalue weighted by atomic mass is 127. The van der Waals surface area contributed by atoms with Crippen molar-refractivity contribution < 1.29 is 4.74 Å². The summed E-state index contributed by atoms with van der Waals surface area (Å²) in [5.74, 6) is 0.909. The highest BCUT2D eigenvalue weighted by molar-refractivity contribution is 14.0. The zero-order valence-corrected chi connectivity index (χ0v) is 19.2. The minimum atomic E-state index is 0. The fourth-order valence-corrected chi connectivity index (χ4v) is 4.00. The lowest BCUT2D eigenvalue weighted by Gasteiger charge is -2.23. The molecule has 3 atom stereocenters. The van der Waals surface area contributed by atoms with Gasteiger partial charge < -0.3 is 15.4 Å². The lowest BCUT2D eigenvalue weighted by atomic mass is 9.96. The van der Waals surface area contributed by atoms with Crippen molar-refractivity contribution in [1.29, 1.82) is 0 Å². The quantitative estimate of drug-likeness (QED) is 0.336. The number of ether oxygens (including phenoxy) is 1. The fraction of sp³-hybridized carbons (Fsp3) is 0.667. The third-order valence-corrected chi connectivity index (χ3v) is 5.59. The molecular weight excluding hydrogens is 451 g/mol. The Hall–Kier alpha value is -0.860. The largest absolute Gasteiger partial charge is 0.373 e. The van der Waals surface area contributed by atoms with E-state index in [4.69, 9.17) is 9.73 Å². The van der Waals surface area contributed by atoms with Gasteiger partial charge in [0.1, 0.15) is 0 Å². The van der Waals surface area contributed by atoms with Crippen LogP contribution in [0.15, 0.2) is 29.3 Å². The number of guanidine groups is 1. The monoisotopic (exact) mass is 486 g/mol. The van der Waals surface area contributed by atoms with E-state index in [0.29, 0.717) is 24.8 Å². The molecule has 2 bridgehead atoms. The van der Waals surface area contributed by atoms with E-state index in [-0.39, 0.29) is 24.0 Å². The van der Waals surface area contributed by atoms with Gasteiger partial charge in [-0.1, -0.05) is 38.1 Å². The average molecular weight is 486 g/mol.